The lowest BCUT2D eigenvalue weighted by Crippen LogP contribution is -2.21. The zero-order valence-corrected chi connectivity index (χ0v) is 9.09. The summed E-state index contributed by atoms with van der Waals surface area (Å²) >= 11 is 5.49. The zero-order chi connectivity index (χ0) is 13.0. The van der Waals surface area contributed by atoms with Gasteiger partial charge in [-0.3, -0.25) is 10.8 Å². The van der Waals surface area contributed by atoms with Crippen LogP contribution in [0.1, 0.15) is 0 Å². The second-order valence-corrected chi connectivity index (χ2v) is 3.29. The molecular formula is C9H7ClFN5O. The maximum absolute atomic E-state index is 12.9. The van der Waals surface area contributed by atoms with Gasteiger partial charge in [-0.2, -0.15) is 10.4 Å². The molecule has 0 aliphatic rings. The van der Waals surface area contributed by atoms with Crippen molar-refractivity contribution in [3.05, 3.63) is 23.0 Å². The van der Waals surface area contributed by atoms with Gasteiger partial charge in [-0.25, -0.2) is 4.39 Å². The first-order valence-electron chi connectivity index (χ1n) is 4.22. The molecule has 1 rings (SSSR count). The van der Waals surface area contributed by atoms with E-state index in [1.165, 1.54) is 0 Å². The summed E-state index contributed by atoms with van der Waals surface area (Å²) in [6.07, 6.45) is 0. The predicted molar refractivity (Wildman–Crippen MR) is 61.7 cm³/mol. The van der Waals surface area contributed by atoms with Gasteiger partial charge in [0.1, 0.15) is 17.6 Å². The second-order valence-electron chi connectivity index (χ2n) is 2.88. The lowest BCUT2D eigenvalue weighted by Gasteiger charge is -2.05. The van der Waals surface area contributed by atoms with E-state index in [0.29, 0.717) is 0 Å². The summed E-state index contributed by atoms with van der Waals surface area (Å²) in [5.41, 5.74) is 6.92. The first-order valence-corrected chi connectivity index (χ1v) is 4.59. The zero-order valence-electron chi connectivity index (χ0n) is 8.33. The van der Waals surface area contributed by atoms with E-state index in [1.54, 1.807) is 6.07 Å². The summed E-state index contributed by atoms with van der Waals surface area (Å²) in [4.78, 5) is 0. The van der Waals surface area contributed by atoms with E-state index in [-0.39, 0.29) is 16.4 Å². The van der Waals surface area contributed by atoms with Gasteiger partial charge in [0.25, 0.3) is 0 Å². The third-order valence-electron chi connectivity index (χ3n) is 1.69. The molecule has 0 fully saturated rings. The van der Waals surface area contributed by atoms with E-state index < -0.39 is 17.4 Å². The van der Waals surface area contributed by atoms with Crippen LogP contribution in [-0.4, -0.2) is 16.7 Å². The minimum Gasteiger partial charge on any atom is -0.506 e. The first-order chi connectivity index (χ1) is 7.95. The summed E-state index contributed by atoms with van der Waals surface area (Å²) in [5, 5.41) is 28.1. The Hall–Kier alpha value is -2.33. The average molecular weight is 256 g/mol. The van der Waals surface area contributed by atoms with E-state index in [1.807, 2.05) is 0 Å². The molecule has 0 spiro atoms. The number of amidine groups is 1. The highest BCUT2D eigenvalue weighted by Gasteiger charge is 2.08. The molecule has 0 aliphatic carbocycles. The number of hydrazone groups is 1. The topological polar surface area (TPSA) is 118 Å². The fraction of sp³-hybridized carbons (Fsp3) is 0. The summed E-state index contributed by atoms with van der Waals surface area (Å²) in [7, 11) is 0. The molecule has 5 N–H and O–H groups in total. The van der Waals surface area contributed by atoms with Crippen LogP contribution in [0, 0.1) is 22.6 Å². The number of anilines is 1. The molecule has 17 heavy (non-hydrogen) atoms. The number of nitriles is 1. The Balaban J connectivity index is 3.01. The number of phenolic OH excluding ortho intramolecular Hbond substituents is 1. The SMILES string of the molecule is N#C/C(=N\Nc1cc(Cl)c(F)cc1O)C(=N)N. The molecule has 0 aliphatic heterocycles. The van der Waals surface area contributed by atoms with Gasteiger partial charge >= 0.3 is 0 Å². The fourth-order valence-electron chi connectivity index (χ4n) is 0.887. The van der Waals surface area contributed by atoms with E-state index >= 15 is 0 Å². The molecule has 1 aromatic rings. The fourth-order valence-corrected chi connectivity index (χ4v) is 1.05. The highest BCUT2D eigenvalue weighted by molar-refractivity contribution is 6.45. The molecule has 0 saturated heterocycles. The largest absolute Gasteiger partial charge is 0.506 e. The quantitative estimate of drug-likeness (QED) is 0.283. The molecule has 88 valence electrons. The van der Waals surface area contributed by atoms with E-state index in [9.17, 15) is 9.50 Å². The molecule has 0 amide bonds. The van der Waals surface area contributed by atoms with Crippen LogP contribution in [0.25, 0.3) is 0 Å². The van der Waals surface area contributed by atoms with Crippen LogP contribution in [-0.2, 0) is 0 Å². The molecule has 1 aromatic carbocycles. The van der Waals surface area contributed by atoms with Gasteiger partial charge in [0.15, 0.2) is 5.84 Å². The molecule has 0 bridgehead atoms. The second kappa shape index (κ2) is 5.14. The number of hydrogen-bond donors (Lipinski definition) is 4. The van der Waals surface area contributed by atoms with E-state index in [0.717, 1.165) is 12.1 Å². The normalized spacial score (nSPS) is 10.8. The minimum atomic E-state index is -0.786. The number of rotatable bonds is 3. The van der Waals surface area contributed by atoms with Gasteiger partial charge in [0.2, 0.25) is 5.71 Å². The Morgan fingerprint density at radius 2 is 2.29 bits per heavy atom. The molecule has 0 unspecified atom stereocenters. The number of aromatic hydroxyl groups is 1. The van der Waals surface area contributed by atoms with Crippen molar-refractivity contribution in [2.75, 3.05) is 5.43 Å². The van der Waals surface area contributed by atoms with Crippen molar-refractivity contribution in [3.63, 3.8) is 0 Å². The summed E-state index contributed by atoms with van der Waals surface area (Å²) < 4.78 is 12.9. The Morgan fingerprint density at radius 1 is 1.65 bits per heavy atom. The Labute approximate surface area is 101 Å². The van der Waals surface area contributed by atoms with Gasteiger partial charge in [0.05, 0.1) is 10.7 Å². The van der Waals surface area contributed by atoms with E-state index in [2.05, 4.69) is 10.5 Å². The number of halogens is 2. The van der Waals surface area contributed by atoms with Crippen LogP contribution in [0.5, 0.6) is 5.75 Å². The lowest BCUT2D eigenvalue weighted by molar-refractivity contribution is 0.471. The van der Waals surface area contributed by atoms with Crippen LogP contribution in [0.4, 0.5) is 10.1 Å². The first kappa shape index (κ1) is 12.7. The van der Waals surface area contributed by atoms with Crippen molar-refractivity contribution in [3.8, 4) is 11.8 Å². The minimum absolute atomic E-state index is 0.00889. The molecule has 8 heteroatoms. The van der Waals surface area contributed by atoms with Crippen molar-refractivity contribution < 1.29 is 9.50 Å². The Kier molecular flexibility index (Phi) is 3.85. The number of nitrogens with two attached hydrogens (primary N) is 1. The number of nitrogens with zero attached hydrogens (tertiary/aromatic N) is 2. The number of hydrogen-bond acceptors (Lipinski definition) is 5. The van der Waals surface area contributed by atoms with E-state index in [4.69, 9.17) is 28.0 Å². The molecular weight excluding hydrogens is 249 g/mol. The van der Waals surface area contributed by atoms with Gasteiger partial charge in [-0.1, -0.05) is 11.6 Å². The Bertz CT molecular complexity index is 537. The third-order valence-corrected chi connectivity index (χ3v) is 1.98. The summed E-state index contributed by atoms with van der Waals surface area (Å²) in [5.74, 6) is -1.75. The highest BCUT2D eigenvalue weighted by atomic mass is 35.5. The van der Waals surface area contributed by atoms with Gasteiger partial charge in [-0.05, 0) is 6.07 Å². The van der Waals surface area contributed by atoms with Crippen LogP contribution in [0.2, 0.25) is 5.02 Å². The van der Waals surface area contributed by atoms with Gasteiger partial charge < -0.3 is 10.8 Å². The standard InChI is InChI=1S/C9H7ClFN5O/c10-4-1-6(8(17)2-5(4)11)15-16-7(3-12)9(13)14/h1-2,15,17H,(H3,13,14)/b16-7+. The van der Waals surface area contributed by atoms with Crippen molar-refractivity contribution in [2.45, 2.75) is 0 Å². The van der Waals surface area contributed by atoms with Crippen molar-refractivity contribution in [2.24, 2.45) is 10.8 Å². The van der Waals surface area contributed by atoms with Gasteiger partial charge in [0, 0.05) is 6.07 Å². The monoisotopic (exact) mass is 255 g/mol. The van der Waals surface area contributed by atoms with Crippen molar-refractivity contribution in [1.82, 2.24) is 0 Å². The van der Waals surface area contributed by atoms with Crippen LogP contribution < -0.4 is 11.2 Å². The predicted octanol–water partition coefficient (Wildman–Crippen LogP) is 1.41. The molecule has 0 aromatic heterocycles. The van der Waals surface area contributed by atoms with Gasteiger partial charge in [-0.15, -0.1) is 0 Å². The number of phenols is 1. The number of nitrogens with one attached hydrogen (secondary N) is 2. The summed E-state index contributed by atoms with van der Waals surface area (Å²) in [6, 6.07) is 3.45. The lowest BCUT2D eigenvalue weighted by atomic mass is 10.3. The molecule has 6 nitrogen and oxygen atoms in total. The molecule has 0 saturated carbocycles. The Morgan fingerprint density at radius 3 is 2.82 bits per heavy atom. The molecule has 0 heterocycles. The average Bonchev–Trinajstić information content (AvgIpc) is 2.25. The maximum atomic E-state index is 12.9. The van der Waals surface area contributed by atoms with Crippen molar-refractivity contribution in [1.29, 1.82) is 10.7 Å². The third kappa shape index (κ3) is 3.06. The molecule has 0 radical (unpaired) electrons. The smallest absolute Gasteiger partial charge is 0.201 e. The highest BCUT2D eigenvalue weighted by Crippen LogP contribution is 2.29. The molecule has 0 atom stereocenters. The maximum Gasteiger partial charge on any atom is 0.201 e. The van der Waals surface area contributed by atoms with Crippen LogP contribution in [0.3, 0.4) is 0 Å². The van der Waals surface area contributed by atoms with Crippen LogP contribution >= 0.6 is 11.6 Å². The van der Waals surface area contributed by atoms with Crippen molar-refractivity contribution >= 4 is 28.8 Å². The number of benzene rings is 1. The van der Waals surface area contributed by atoms with Crippen LogP contribution in [0.15, 0.2) is 17.2 Å². The summed E-state index contributed by atoms with van der Waals surface area (Å²) in [6.45, 7) is 0.